The SMILES string of the molecule is CSc1ccc(C[NH+]2CCN(C(=O)c3ccc(F)cc3)CC2)cc1. The van der Waals surface area contributed by atoms with Crippen molar-refractivity contribution in [1.82, 2.24) is 4.90 Å². The van der Waals surface area contributed by atoms with Crippen molar-refractivity contribution >= 4 is 17.7 Å². The predicted octanol–water partition coefficient (Wildman–Crippen LogP) is 2.09. The highest BCUT2D eigenvalue weighted by molar-refractivity contribution is 7.98. The Morgan fingerprint density at radius 2 is 1.71 bits per heavy atom. The minimum Gasteiger partial charge on any atom is -0.328 e. The van der Waals surface area contributed by atoms with E-state index in [1.165, 1.54) is 27.5 Å². The molecule has 1 N–H and O–H groups in total. The zero-order valence-electron chi connectivity index (χ0n) is 13.8. The summed E-state index contributed by atoms with van der Waals surface area (Å²) in [6.07, 6.45) is 2.08. The third-order valence-corrected chi connectivity index (χ3v) is 5.21. The van der Waals surface area contributed by atoms with E-state index in [-0.39, 0.29) is 11.7 Å². The molecule has 1 fully saturated rings. The molecule has 5 heteroatoms. The van der Waals surface area contributed by atoms with Gasteiger partial charge in [-0.2, -0.15) is 0 Å². The zero-order valence-corrected chi connectivity index (χ0v) is 14.6. The monoisotopic (exact) mass is 345 g/mol. The maximum atomic E-state index is 13.0. The van der Waals surface area contributed by atoms with Crippen LogP contribution in [0, 0.1) is 5.82 Å². The second kappa shape index (κ2) is 7.81. The van der Waals surface area contributed by atoms with Gasteiger partial charge in [0, 0.05) is 16.0 Å². The highest BCUT2D eigenvalue weighted by Crippen LogP contribution is 2.14. The molecule has 0 bridgehead atoms. The number of nitrogens with zero attached hydrogens (tertiary/aromatic N) is 1. The predicted molar refractivity (Wildman–Crippen MR) is 94.9 cm³/mol. The fourth-order valence-corrected chi connectivity index (χ4v) is 3.42. The second-order valence-electron chi connectivity index (χ2n) is 6.07. The van der Waals surface area contributed by atoms with Gasteiger partial charge in [0.1, 0.15) is 12.4 Å². The number of thioether (sulfide) groups is 1. The van der Waals surface area contributed by atoms with Crippen LogP contribution in [0.15, 0.2) is 53.4 Å². The van der Waals surface area contributed by atoms with Crippen molar-refractivity contribution in [3.05, 3.63) is 65.5 Å². The molecule has 2 aromatic carbocycles. The number of carbonyl (C=O) groups excluding carboxylic acids is 1. The average Bonchev–Trinajstić information content (AvgIpc) is 2.63. The number of hydrogen-bond acceptors (Lipinski definition) is 2. The molecule has 24 heavy (non-hydrogen) atoms. The van der Waals surface area contributed by atoms with Gasteiger partial charge >= 0.3 is 0 Å². The number of halogens is 1. The maximum absolute atomic E-state index is 13.0. The minimum atomic E-state index is -0.312. The summed E-state index contributed by atoms with van der Waals surface area (Å²) in [7, 11) is 0. The molecular formula is C19H22FN2OS+. The van der Waals surface area contributed by atoms with Gasteiger partial charge in [-0.15, -0.1) is 11.8 Å². The van der Waals surface area contributed by atoms with Crippen LogP contribution in [0.1, 0.15) is 15.9 Å². The molecular weight excluding hydrogens is 323 g/mol. The summed E-state index contributed by atoms with van der Waals surface area (Å²) in [5.41, 5.74) is 1.90. The largest absolute Gasteiger partial charge is 0.328 e. The lowest BCUT2D eigenvalue weighted by molar-refractivity contribution is -0.917. The molecule has 3 rings (SSSR count). The fraction of sp³-hybridized carbons (Fsp3) is 0.316. The lowest BCUT2D eigenvalue weighted by Gasteiger charge is -2.32. The summed E-state index contributed by atoms with van der Waals surface area (Å²) in [5, 5.41) is 0. The standard InChI is InChI=1S/C19H21FN2OS/c1-24-18-8-2-15(3-9-18)14-21-10-12-22(13-11-21)19(23)16-4-6-17(20)7-5-16/h2-9H,10-14H2,1H3/p+1. The summed E-state index contributed by atoms with van der Waals surface area (Å²) >= 11 is 1.75. The van der Waals surface area contributed by atoms with Gasteiger partial charge in [0.05, 0.1) is 26.2 Å². The van der Waals surface area contributed by atoms with Crippen LogP contribution in [0.2, 0.25) is 0 Å². The van der Waals surface area contributed by atoms with Crippen molar-refractivity contribution in [1.29, 1.82) is 0 Å². The van der Waals surface area contributed by atoms with Crippen LogP contribution in [-0.4, -0.2) is 43.2 Å². The highest BCUT2D eigenvalue weighted by atomic mass is 32.2. The van der Waals surface area contributed by atoms with Gasteiger partial charge < -0.3 is 9.80 Å². The summed E-state index contributed by atoms with van der Waals surface area (Å²) in [5.74, 6) is -0.313. The second-order valence-corrected chi connectivity index (χ2v) is 6.95. The Kier molecular flexibility index (Phi) is 5.53. The summed E-state index contributed by atoms with van der Waals surface area (Å²) in [6.45, 7) is 4.37. The van der Waals surface area contributed by atoms with Crippen molar-refractivity contribution in [2.45, 2.75) is 11.4 Å². The Labute approximate surface area is 146 Å². The van der Waals surface area contributed by atoms with Gasteiger partial charge in [0.2, 0.25) is 0 Å². The van der Waals surface area contributed by atoms with Crippen molar-refractivity contribution in [2.75, 3.05) is 32.4 Å². The van der Waals surface area contributed by atoms with E-state index in [9.17, 15) is 9.18 Å². The topological polar surface area (TPSA) is 24.8 Å². The third-order valence-electron chi connectivity index (χ3n) is 4.46. The molecule has 3 nitrogen and oxygen atoms in total. The number of amides is 1. The van der Waals surface area contributed by atoms with Gasteiger partial charge in [-0.1, -0.05) is 12.1 Å². The first-order valence-electron chi connectivity index (χ1n) is 8.17. The van der Waals surface area contributed by atoms with Crippen LogP contribution in [0.25, 0.3) is 0 Å². The van der Waals surface area contributed by atoms with Gasteiger partial charge in [-0.05, 0) is 42.7 Å². The molecule has 1 heterocycles. The maximum Gasteiger partial charge on any atom is 0.254 e. The number of carbonyl (C=O) groups is 1. The van der Waals surface area contributed by atoms with Crippen LogP contribution < -0.4 is 4.90 Å². The number of benzene rings is 2. The Hall–Kier alpha value is -1.85. The van der Waals surface area contributed by atoms with Gasteiger partial charge in [0.15, 0.2) is 0 Å². The molecule has 1 aliphatic rings. The molecule has 0 atom stereocenters. The third kappa shape index (κ3) is 4.16. The quantitative estimate of drug-likeness (QED) is 0.859. The number of rotatable bonds is 4. The van der Waals surface area contributed by atoms with E-state index in [0.717, 1.165) is 32.7 Å². The van der Waals surface area contributed by atoms with Gasteiger partial charge in [0.25, 0.3) is 5.91 Å². The first-order valence-corrected chi connectivity index (χ1v) is 9.39. The lowest BCUT2D eigenvalue weighted by Crippen LogP contribution is -3.13. The normalized spacial score (nSPS) is 15.5. The molecule has 1 aliphatic heterocycles. The summed E-state index contributed by atoms with van der Waals surface area (Å²) in [4.78, 5) is 17.1. The first-order chi connectivity index (χ1) is 11.7. The molecule has 0 radical (unpaired) electrons. The zero-order chi connectivity index (χ0) is 16.9. The van der Waals surface area contributed by atoms with Crippen LogP contribution in [0.4, 0.5) is 4.39 Å². The van der Waals surface area contributed by atoms with E-state index < -0.39 is 0 Å². The van der Waals surface area contributed by atoms with E-state index in [4.69, 9.17) is 0 Å². The van der Waals surface area contributed by atoms with E-state index in [0.29, 0.717) is 5.56 Å². The van der Waals surface area contributed by atoms with E-state index >= 15 is 0 Å². The van der Waals surface area contributed by atoms with Crippen LogP contribution in [0.3, 0.4) is 0 Å². The van der Waals surface area contributed by atoms with E-state index in [1.54, 1.807) is 23.9 Å². The molecule has 2 aromatic rings. The van der Waals surface area contributed by atoms with Crippen molar-refractivity contribution in [3.8, 4) is 0 Å². The molecule has 1 saturated heterocycles. The van der Waals surface area contributed by atoms with Crippen LogP contribution in [-0.2, 0) is 6.54 Å². The average molecular weight is 345 g/mol. The molecule has 0 spiro atoms. The van der Waals surface area contributed by atoms with Gasteiger partial charge in [-0.25, -0.2) is 4.39 Å². The summed E-state index contributed by atoms with van der Waals surface area (Å²) in [6, 6.07) is 14.5. The van der Waals surface area contributed by atoms with Crippen molar-refractivity contribution < 1.29 is 14.1 Å². The van der Waals surface area contributed by atoms with E-state index in [1.807, 2.05) is 4.90 Å². The lowest BCUT2D eigenvalue weighted by atomic mass is 10.1. The Morgan fingerprint density at radius 3 is 2.29 bits per heavy atom. The number of piperazine rings is 1. The Bertz CT molecular complexity index is 680. The Balaban J connectivity index is 1.53. The first kappa shape index (κ1) is 17.0. The molecule has 0 unspecified atom stereocenters. The Morgan fingerprint density at radius 1 is 1.08 bits per heavy atom. The molecule has 1 amide bonds. The molecule has 126 valence electrons. The smallest absolute Gasteiger partial charge is 0.254 e. The molecule has 0 aliphatic carbocycles. The molecule has 0 saturated carbocycles. The van der Waals surface area contributed by atoms with Gasteiger partial charge in [-0.3, -0.25) is 4.79 Å². The van der Waals surface area contributed by atoms with Crippen molar-refractivity contribution in [2.24, 2.45) is 0 Å². The van der Waals surface area contributed by atoms with Crippen LogP contribution in [0.5, 0.6) is 0 Å². The molecule has 0 aromatic heterocycles. The highest BCUT2D eigenvalue weighted by Gasteiger charge is 2.24. The minimum absolute atomic E-state index is 0.00151. The number of hydrogen-bond donors (Lipinski definition) is 1. The summed E-state index contributed by atoms with van der Waals surface area (Å²) < 4.78 is 13.0. The number of nitrogens with one attached hydrogen (secondary N) is 1. The number of quaternary nitrogens is 1. The van der Waals surface area contributed by atoms with Crippen LogP contribution >= 0.6 is 11.8 Å². The van der Waals surface area contributed by atoms with E-state index in [2.05, 4.69) is 30.5 Å². The van der Waals surface area contributed by atoms with Crippen molar-refractivity contribution in [3.63, 3.8) is 0 Å². The fourth-order valence-electron chi connectivity index (χ4n) is 3.01.